The number of nitrogens with zero attached hydrogens (tertiary/aromatic N) is 3. The molecule has 1 amide bonds. The van der Waals surface area contributed by atoms with E-state index in [9.17, 15) is 9.18 Å². The molecule has 1 aliphatic carbocycles. The Bertz CT molecular complexity index is 872. The molecule has 0 spiro atoms. The zero-order chi connectivity index (χ0) is 21.1. The Labute approximate surface area is 177 Å². The van der Waals surface area contributed by atoms with E-state index >= 15 is 0 Å². The second kappa shape index (κ2) is 9.27. The molecule has 2 aromatic rings. The van der Waals surface area contributed by atoms with Crippen molar-refractivity contribution in [1.29, 1.82) is 0 Å². The monoisotopic (exact) mass is 414 g/mol. The molecule has 0 radical (unpaired) electrons. The number of hydrogen-bond donors (Lipinski definition) is 1. The lowest BCUT2D eigenvalue weighted by Gasteiger charge is -2.35. The minimum Gasteiger partial charge on any atom is -0.379 e. The van der Waals surface area contributed by atoms with Crippen molar-refractivity contribution in [3.8, 4) is 5.69 Å². The van der Waals surface area contributed by atoms with Gasteiger partial charge < -0.3 is 10.1 Å². The third-order valence-corrected chi connectivity index (χ3v) is 6.02. The second-order valence-electron chi connectivity index (χ2n) is 8.66. The number of carbonyl (C=O) groups is 1. The number of fused-ring (bicyclic) bond motifs is 1. The Balaban J connectivity index is 1.50. The van der Waals surface area contributed by atoms with Crippen molar-refractivity contribution in [1.82, 2.24) is 20.0 Å². The molecule has 1 aromatic heterocycles. The van der Waals surface area contributed by atoms with Gasteiger partial charge in [-0.25, -0.2) is 9.07 Å². The van der Waals surface area contributed by atoms with Crippen LogP contribution in [0.2, 0.25) is 0 Å². The first kappa shape index (κ1) is 21.0. The third-order valence-electron chi connectivity index (χ3n) is 6.02. The first-order valence-electron chi connectivity index (χ1n) is 11.0. The van der Waals surface area contributed by atoms with Crippen molar-refractivity contribution in [2.24, 2.45) is 5.92 Å². The Kier molecular flexibility index (Phi) is 6.49. The van der Waals surface area contributed by atoms with E-state index in [1.807, 2.05) is 4.68 Å². The number of morpholine rings is 1. The zero-order valence-electron chi connectivity index (χ0n) is 17.9. The average molecular weight is 415 g/mol. The van der Waals surface area contributed by atoms with Gasteiger partial charge in [0.1, 0.15) is 5.82 Å². The first-order chi connectivity index (χ1) is 14.5. The molecule has 30 heavy (non-hydrogen) atoms. The molecule has 0 saturated carbocycles. The number of amides is 1. The summed E-state index contributed by atoms with van der Waals surface area (Å²) in [5.41, 5.74) is 3.40. The second-order valence-corrected chi connectivity index (χ2v) is 8.66. The molecule has 6 nitrogen and oxygen atoms in total. The summed E-state index contributed by atoms with van der Waals surface area (Å²) in [4.78, 5) is 15.5. The van der Waals surface area contributed by atoms with Gasteiger partial charge in [-0.2, -0.15) is 5.10 Å². The lowest BCUT2D eigenvalue weighted by Crippen LogP contribution is -2.49. The summed E-state index contributed by atoms with van der Waals surface area (Å²) in [5, 5.41) is 7.78. The molecule has 2 heterocycles. The molecular weight excluding hydrogens is 383 g/mol. The molecule has 1 unspecified atom stereocenters. The van der Waals surface area contributed by atoms with E-state index in [4.69, 9.17) is 4.74 Å². The highest BCUT2D eigenvalue weighted by Gasteiger charge is 2.28. The number of benzene rings is 1. The Hall–Kier alpha value is -2.25. The normalized spacial score (nSPS) is 17.9. The topological polar surface area (TPSA) is 59.4 Å². The number of rotatable bonds is 7. The summed E-state index contributed by atoms with van der Waals surface area (Å²) >= 11 is 0. The molecule has 1 aromatic carbocycles. The Morgan fingerprint density at radius 2 is 1.93 bits per heavy atom. The summed E-state index contributed by atoms with van der Waals surface area (Å²) in [6.07, 6.45) is 3.79. The van der Waals surface area contributed by atoms with Crippen molar-refractivity contribution in [2.45, 2.75) is 45.6 Å². The van der Waals surface area contributed by atoms with Crippen LogP contribution in [0.5, 0.6) is 0 Å². The van der Waals surface area contributed by atoms with Crippen LogP contribution in [0.3, 0.4) is 0 Å². The van der Waals surface area contributed by atoms with Crippen molar-refractivity contribution in [2.75, 3.05) is 32.8 Å². The number of halogens is 1. The predicted molar refractivity (Wildman–Crippen MR) is 114 cm³/mol. The van der Waals surface area contributed by atoms with E-state index < -0.39 is 0 Å². The minimum atomic E-state index is -0.278. The molecule has 1 saturated heterocycles. The Morgan fingerprint density at radius 1 is 1.20 bits per heavy atom. The average Bonchev–Trinajstić information content (AvgIpc) is 3.35. The van der Waals surface area contributed by atoms with Gasteiger partial charge in [0.25, 0.3) is 5.91 Å². The highest BCUT2D eigenvalue weighted by Crippen LogP contribution is 2.28. The van der Waals surface area contributed by atoms with Gasteiger partial charge in [0.2, 0.25) is 0 Å². The third kappa shape index (κ3) is 4.57. The molecule has 0 bridgehead atoms. The number of ether oxygens (including phenoxy) is 1. The van der Waals surface area contributed by atoms with E-state index in [1.54, 1.807) is 12.1 Å². The molecule has 1 fully saturated rings. The summed E-state index contributed by atoms with van der Waals surface area (Å²) in [6.45, 7) is 8.34. The van der Waals surface area contributed by atoms with Crippen LogP contribution in [-0.4, -0.2) is 59.5 Å². The van der Waals surface area contributed by atoms with Crippen LogP contribution in [0.4, 0.5) is 4.39 Å². The van der Waals surface area contributed by atoms with Crippen LogP contribution >= 0.6 is 0 Å². The fraction of sp³-hybridized carbons (Fsp3) is 0.565. The van der Waals surface area contributed by atoms with Crippen LogP contribution in [0, 0.1) is 11.7 Å². The van der Waals surface area contributed by atoms with Gasteiger partial charge >= 0.3 is 0 Å². The minimum absolute atomic E-state index is 0.115. The molecule has 2 aliphatic rings. The van der Waals surface area contributed by atoms with E-state index in [2.05, 4.69) is 29.2 Å². The highest BCUT2D eigenvalue weighted by molar-refractivity contribution is 5.94. The quantitative estimate of drug-likeness (QED) is 0.757. The molecule has 1 aliphatic heterocycles. The maximum absolute atomic E-state index is 13.3. The summed E-state index contributed by atoms with van der Waals surface area (Å²) in [7, 11) is 0. The van der Waals surface area contributed by atoms with E-state index in [-0.39, 0.29) is 11.7 Å². The fourth-order valence-corrected chi connectivity index (χ4v) is 4.56. The summed E-state index contributed by atoms with van der Waals surface area (Å²) in [5.74, 6) is 0.160. The van der Waals surface area contributed by atoms with Crippen molar-refractivity contribution < 1.29 is 13.9 Å². The van der Waals surface area contributed by atoms with E-state index in [0.29, 0.717) is 24.2 Å². The standard InChI is InChI=1S/C23H31FN4O2/c1-16(2)14-19(27-10-12-30-13-11-27)15-25-23(29)22-20-4-3-5-21(20)28(26-22)18-8-6-17(24)7-9-18/h6-9,16,19H,3-5,10-15H2,1-2H3,(H,25,29). The van der Waals surface area contributed by atoms with E-state index in [1.165, 1.54) is 12.1 Å². The lowest BCUT2D eigenvalue weighted by atomic mass is 10.0. The smallest absolute Gasteiger partial charge is 0.272 e. The van der Waals surface area contributed by atoms with Gasteiger partial charge in [-0.05, 0) is 55.9 Å². The molecule has 1 atom stereocenters. The van der Waals surface area contributed by atoms with E-state index in [0.717, 1.165) is 68.9 Å². The van der Waals surface area contributed by atoms with Crippen molar-refractivity contribution >= 4 is 5.91 Å². The molecule has 7 heteroatoms. The maximum Gasteiger partial charge on any atom is 0.272 e. The van der Waals surface area contributed by atoms with Crippen LogP contribution in [0.15, 0.2) is 24.3 Å². The van der Waals surface area contributed by atoms with Crippen molar-refractivity contribution in [3.63, 3.8) is 0 Å². The Morgan fingerprint density at radius 3 is 2.63 bits per heavy atom. The van der Waals surface area contributed by atoms with Gasteiger partial charge in [0.05, 0.1) is 18.9 Å². The number of aromatic nitrogens is 2. The van der Waals surface area contributed by atoms with Crippen LogP contribution < -0.4 is 5.32 Å². The van der Waals surface area contributed by atoms with Crippen LogP contribution in [0.25, 0.3) is 5.69 Å². The van der Waals surface area contributed by atoms with Gasteiger partial charge in [-0.1, -0.05) is 13.8 Å². The largest absolute Gasteiger partial charge is 0.379 e. The van der Waals surface area contributed by atoms with Crippen LogP contribution in [-0.2, 0) is 17.6 Å². The van der Waals surface area contributed by atoms with Gasteiger partial charge in [-0.3, -0.25) is 9.69 Å². The number of nitrogens with one attached hydrogen (secondary N) is 1. The predicted octanol–water partition coefficient (Wildman–Crippen LogP) is 2.98. The van der Waals surface area contributed by atoms with Gasteiger partial charge in [0, 0.05) is 36.9 Å². The highest BCUT2D eigenvalue weighted by atomic mass is 19.1. The lowest BCUT2D eigenvalue weighted by molar-refractivity contribution is 0.0124. The first-order valence-corrected chi connectivity index (χ1v) is 11.0. The molecular formula is C23H31FN4O2. The van der Waals surface area contributed by atoms with Crippen molar-refractivity contribution in [3.05, 3.63) is 47.0 Å². The van der Waals surface area contributed by atoms with Gasteiger partial charge in [0.15, 0.2) is 5.69 Å². The maximum atomic E-state index is 13.3. The molecule has 1 N–H and O–H groups in total. The summed E-state index contributed by atoms with van der Waals surface area (Å²) < 4.78 is 20.6. The number of hydrogen-bond acceptors (Lipinski definition) is 4. The fourth-order valence-electron chi connectivity index (χ4n) is 4.56. The SMILES string of the molecule is CC(C)CC(CNC(=O)c1nn(-c2ccc(F)cc2)c2c1CCC2)N1CCOCC1. The zero-order valence-corrected chi connectivity index (χ0v) is 17.9. The summed E-state index contributed by atoms with van der Waals surface area (Å²) in [6, 6.07) is 6.57. The number of carbonyl (C=O) groups excluding carboxylic acids is 1. The van der Waals surface area contributed by atoms with Gasteiger partial charge in [-0.15, -0.1) is 0 Å². The molecule has 4 rings (SSSR count). The molecule has 162 valence electrons. The van der Waals surface area contributed by atoms with Crippen LogP contribution in [0.1, 0.15) is 48.4 Å².